The minimum Gasteiger partial charge on any atom is -0.485 e. The zero-order valence-electron chi connectivity index (χ0n) is 10.6. The summed E-state index contributed by atoms with van der Waals surface area (Å²) in [5.41, 5.74) is 7.62. The summed E-state index contributed by atoms with van der Waals surface area (Å²) in [5.74, 6) is 1.44. The van der Waals surface area contributed by atoms with Gasteiger partial charge in [0.1, 0.15) is 5.75 Å². The Morgan fingerprint density at radius 3 is 2.67 bits per heavy atom. The highest BCUT2D eigenvalue weighted by atomic mass is 16.5. The highest BCUT2D eigenvalue weighted by Gasteiger charge is 2.07. The van der Waals surface area contributed by atoms with Crippen molar-refractivity contribution >= 4 is 0 Å². The average molecular weight is 247 g/mol. The minimum absolute atomic E-state index is 0.316. The first kappa shape index (κ1) is 12.5. The normalized spacial score (nSPS) is 10.6. The number of para-hydroxylation sites is 1. The maximum Gasteiger partial charge on any atom is 0.212 e. The molecule has 1 aromatic heterocycles. The van der Waals surface area contributed by atoms with E-state index in [-0.39, 0.29) is 0 Å². The van der Waals surface area contributed by atoms with Crippen LogP contribution in [0.3, 0.4) is 0 Å². The van der Waals surface area contributed by atoms with Crippen LogP contribution in [0.25, 0.3) is 0 Å². The molecular formula is C12H17N5O. The van der Waals surface area contributed by atoms with E-state index in [0.29, 0.717) is 25.5 Å². The number of tetrazole rings is 1. The molecule has 0 atom stereocenters. The highest BCUT2D eigenvalue weighted by molar-refractivity contribution is 5.39. The summed E-state index contributed by atoms with van der Waals surface area (Å²) in [5, 5.41) is 12.0. The molecule has 1 heterocycles. The summed E-state index contributed by atoms with van der Waals surface area (Å²) < 4.78 is 5.74. The van der Waals surface area contributed by atoms with E-state index in [9.17, 15) is 0 Å². The number of aromatic nitrogens is 4. The fourth-order valence-electron chi connectivity index (χ4n) is 1.71. The molecule has 0 bridgehead atoms. The van der Waals surface area contributed by atoms with Gasteiger partial charge in [0.25, 0.3) is 0 Å². The summed E-state index contributed by atoms with van der Waals surface area (Å²) >= 11 is 0. The number of hydrogen-bond donors (Lipinski definition) is 1. The van der Waals surface area contributed by atoms with Crippen molar-refractivity contribution in [1.29, 1.82) is 0 Å². The summed E-state index contributed by atoms with van der Waals surface area (Å²) in [7, 11) is 0. The molecule has 0 spiro atoms. The molecule has 0 saturated heterocycles. The molecule has 6 heteroatoms. The molecule has 0 aliphatic carbocycles. The first-order chi connectivity index (χ1) is 8.70. The van der Waals surface area contributed by atoms with Gasteiger partial charge in [-0.15, -0.1) is 10.2 Å². The number of benzene rings is 1. The number of ether oxygens (including phenoxy) is 1. The Morgan fingerprint density at radius 1 is 1.28 bits per heavy atom. The molecule has 96 valence electrons. The van der Waals surface area contributed by atoms with Crippen molar-refractivity contribution in [3.05, 3.63) is 35.2 Å². The van der Waals surface area contributed by atoms with Gasteiger partial charge in [0.05, 0.1) is 6.54 Å². The van der Waals surface area contributed by atoms with Crippen molar-refractivity contribution in [2.75, 3.05) is 6.54 Å². The van der Waals surface area contributed by atoms with Crippen LogP contribution in [-0.4, -0.2) is 26.8 Å². The summed E-state index contributed by atoms with van der Waals surface area (Å²) in [6, 6.07) is 6.04. The Morgan fingerprint density at radius 2 is 2.00 bits per heavy atom. The van der Waals surface area contributed by atoms with Crippen LogP contribution in [0.4, 0.5) is 0 Å². The third kappa shape index (κ3) is 2.84. The number of rotatable bonds is 5. The molecule has 0 unspecified atom stereocenters. The molecule has 0 radical (unpaired) electrons. The monoisotopic (exact) mass is 247 g/mol. The van der Waals surface area contributed by atoms with Crippen molar-refractivity contribution < 1.29 is 4.74 Å². The van der Waals surface area contributed by atoms with Crippen LogP contribution < -0.4 is 10.5 Å². The third-order valence-corrected chi connectivity index (χ3v) is 2.58. The number of nitrogens with two attached hydrogens (primary N) is 1. The molecule has 0 aliphatic heterocycles. The minimum atomic E-state index is 0.316. The van der Waals surface area contributed by atoms with Gasteiger partial charge in [-0.25, -0.2) is 0 Å². The molecule has 2 aromatic rings. The van der Waals surface area contributed by atoms with E-state index in [1.807, 2.05) is 32.0 Å². The quantitative estimate of drug-likeness (QED) is 0.846. The molecule has 0 saturated carbocycles. The highest BCUT2D eigenvalue weighted by Crippen LogP contribution is 2.22. The van der Waals surface area contributed by atoms with Gasteiger partial charge in [0.2, 0.25) is 5.82 Å². The lowest BCUT2D eigenvalue weighted by atomic mass is 10.1. The predicted octanol–water partition coefficient (Wildman–Crippen LogP) is 0.828. The second-order valence-electron chi connectivity index (χ2n) is 4.10. The van der Waals surface area contributed by atoms with Gasteiger partial charge in [0, 0.05) is 6.54 Å². The lowest BCUT2D eigenvalue weighted by molar-refractivity contribution is 0.291. The van der Waals surface area contributed by atoms with Crippen LogP contribution in [-0.2, 0) is 13.2 Å². The van der Waals surface area contributed by atoms with Gasteiger partial charge < -0.3 is 10.5 Å². The Bertz CT molecular complexity index is 503. The van der Waals surface area contributed by atoms with Gasteiger partial charge in [-0.2, -0.15) is 4.80 Å². The standard InChI is InChI=1S/C12H17N5O/c1-9-4-3-5-10(2)12(9)18-8-11-14-16-17(15-11)7-6-13/h3-5H,6-8,13H2,1-2H3. The van der Waals surface area contributed by atoms with Crippen LogP contribution in [0.2, 0.25) is 0 Å². The third-order valence-electron chi connectivity index (χ3n) is 2.58. The van der Waals surface area contributed by atoms with Crippen LogP contribution >= 0.6 is 0 Å². The van der Waals surface area contributed by atoms with Crippen LogP contribution in [0.5, 0.6) is 5.75 Å². The van der Waals surface area contributed by atoms with Crippen molar-refractivity contribution in [3.63, 3.8) is 0 Å². The Balaban J connectivity index is 2.02. The predicted molar refractivity (Wildman–Crippen MR) is 67.1 cm³/mol. The average Bonchev–Trinajstić information content (AvgIpc) is 2.77. The van der Waals surface area contributed by atoms with Crippen molar-refractivity contribution in [2.45, 2.75) is 27.0 Å². The first-order valence-electron chi connectivity index (χ1n) is 5.86. The van der Waals surface area contributed by atoms with Crippen molar-refractivity contribution in [3.8, 4) is 5.75 Å². The maximum atomic E-state index is 5.74. The Labute approximate surface area is 106 Å². The van der Waals surface area contributed by atoms with Gasteiger partial charge in [0.15, 0.2) is 6.61 Å². The van der Waals surface area contributed by atoms with E-state index in [1.54, 1.807) is 0 Å². The van der Waals surface area contributed by atoms with Gasteiger partial charge in [-0.1, -0.05) is 18.2 Å². The SMILES string of the molecule is Cc1cccc(C)c1OCc1nnn(CCN)n1. The van der Waals surface area contributed by atoms with Gasteiger partial charge >= 0.3 is 0 Å². The fourth-order valence-corrected chi connectivity index (χ4v) is 1.71. The molecule has 2 rings (SSSR count). The van der Waals surface area contributed by atoms with Gasteiger partial charge in [-0.3, -0.25) is 0 Å². The second kappa shape index (κ2) is 5.59. The first-order valence-corrected chi connectivity index (χ1v) is 5.86. The van der Waals surface area contributed by atoms with Gasteiger partial charge in [-0.05, 0) is 30.2 Å². The number of aryl methyl sites for hydroxylation is 2. The Hall–Kier alpha value is -1.95. The molecule has 2 N–H and O–H groups in total. The maximum absolute atomic E-state index is 5.74. The number of nitrogens with zero attached hydrogens (tertiary/aromatic N) is 4. The van der Waals surface area contributed by atoms with Crippen LogP contribution in [0.1, 0.15) is 17.0 Å². The summed E-state index contributed by atoms with van der Waals surface area (Å²) in [4.78, 5) is 1.48. The molecule has 0 fully saturated rings. The van der Waals surface area contributed by atoms with E-state index >= 15 is 0 Å². The van der Waals surface area contributed by atoms with Crippen molar-refractivity contribution in [2.24, 2.45) is 5.73 Å². The molecule has 0 amide bonds. The molecule has 6 nitrogen and oxygen atoms in total. The second-order valence-corrected chi connectivity index (χ2v) is 4.10. The lowest BCUT2D eigenvalue weighted by Crippen LogP contribution is -2.12. The largest absolute Gasteiger partial charge is 0.485 e. The molecule has 0 aliphatic rings. The van der Waals surface area contributed by atoms with Crippen LogP contribution in [0.15, 0.2) is 18.2 Å². The lowest BCUT2D eigenvalue weighted by Gasteiger charge is -2.09. The summed E-state index contributed by atoms with van der Waals surface area (Å²) in [6.45, 7) is 5.41. The van der Waals surface area contributed by atoms with Crippen molar-refractivity contribution in [1.82, 2.24) is 20.2 Å². The smallest absolute Gasteiger partial charge is 0.212 e. The van der Waals surface area contributed by atoms with E-state index in [0.717, 1.165) is 16.9 Å². The molecule has 1 aromatic carbocycles. The molecular weight excluding hydrogens is 230 g/mol. The Kier molecular flexibility index (Phi) is 3.88. The molecule has 18 heavy (non-hydrogen) atoms. The number of hydrogen-bond acceptors (Lipinski definition) is 5. The van der Waals surface area contributed by atoms with E-state index in [2.05, 4.69) is 15.4 Å². The zero-order chi connectivity index (χ0) is 13.0. The topological polar surface area (TPSA) is 78.9 Å². The van der Waals surface area contributed by atoms with E-state index in [4.69, 9.17) is 10.5 Å². The zero-order valence-corrected chi connectivity index (χ0v) is 10.6. The van der Waals surface area contributed by atoms with E-state index < -0.39 is 0 Å². The van der Waals surface area contributed by atoms with E-state index in [1.165, 1.54) is 4.80 Å². The van der Waals surface area contributed by atoms with Crippen LogP contribution in [0, 0.1) is 13.8 Å². The fraction of sp³-hybridized carbons (Fsp3) is 0.417. The summed E-state index contributed by atoms with van der Waals surface area (Å²) in [6.07, 6.45) is 0.